The van der Waals surface area contributed by atoms with E-state index in [1.54, 1.807) is 5.57 Å². The summed E-state index contributed by atoms with van der Waals surface area (Å²) in [5.41, 5.74) is 8.61. The SMILES string of the molecule is CSc1ccc(C2C(COCCCCc3ccccc3)=C(C)NC3=C2CCCC3)cc1. The zero-order chi connectivity index (χ0) is 21.5. The Morgan fingerprint density at radius 3 is 2.52 bits per heavy atom. The van der Waals surface area contributed by atoms with Crippen molar-refractivity contribution in [2.24, 2.45) is 0 Å². The van der Waals surface area contributed by atoms with Crippen LogP contribution in [-0.2, 0) is 11.2 Å². The summed E-state index contributed by atoms with van der Waals surface area (Å²) in [7, 11) is 0. The van der Waals surface area contributed by atoms with Gasteiger partial charge in [0.05, 0.1) is 6.61 Å². The molecule has 1 aliphatic heterocycles. The summed E-state index contributed by atoms with van der Waals surface area (Å²) in [4.78, 5) is 1.33. The van der Waals surface area contributed by atoms with Gasteiger partial charge in [0.25, 0.3) is 0 Å². The first kappa shape index (κ1) is 22.2. The Morgan fingerprint density at radius 1 is 0.968 bits per heavy atom. The molecule has 0 saturated carbocycles. The number of aryl methyl sites for hydroxylation is 1. The van der Waals surface area contributed by atoms with Gasteiger partial charge in [-0.3, -0.25) is 0 Å². The number of dihydropyridines is 1. The molecule has 0 fully saturated rings. The molecule has 1 N–H and O–H groups in total. The molecule has 0 radical (unpaired) electrons. The molecule has 2 aliphatic rings. The van der Waals surface area contributed by atoms with E-state index in [0.29, 0.717) is 5.92 Å². The van der Waals surface area contributed by atoms with E-state index < -0.39 is 0 Å². The van der Waals surface area contributed by atoms with Gasteiger partial charge in [-0.2, -0.15) is 0 Å². The van der Waals surface area contributed by atoms with Crippen LogP contribution in [0, 0.1) is 0 Å². The second kappa shape index (κ2) is 11.1. The molecule has 1 heterocycles. The fourth-order valence-electron chi connectivity index (χ4n) is 4.87. The van der Waals surface area contributed by atoms with Gasteiger partial charge in [-0.05, 0) is 92.5 Å². The molecule has 0 amide bonds. The Kier molecular flexibility index (Phi) is 7.93. The van der Waals surface area contributed by atoms with E-state index in [1.807, 2.05) is 11.8 Å². The highest BCUT2D eigenvalue weighted by atomic mass is 32.2. The monoisotopic (exact) mass is 433 g/mol. The van der Waals surface area contributed by atoms with Crippen molar-refractivity contribution in [3.8, 4) is 0 Å². The number of rotatable bonds is 9. The maximum Gasteiger partial charge on any atom is 0.0705 e. The minimum Gasteiger partial charge on any atom is -0.377 e. The Labute approximate surface area is 192 Å². The minimum absolute atomic E-state index is 0.372. The molecule has 164 valence electrons. The summed E-state index contributed by atoms with van der Waals surface area (Å²) in [5, 5.41) is 3.74. The highest BCUT2D eigenvalue weighted by molar-refractivity contribution is 7.98. The topological polar surface area (TPSA) is 21.3 Å². The van der Waals surface area contributed by atoms with Gasteiger partial charge in [-0.25, -0.2) is 0 Å². The third-order valence-electron chi connectivity index (χ3n) is 6.58. The summed E-state index contributed by atoms with van der Waals surface area (Å²) in [6.45, 7) is 3.78. The van der Waals surface area contributed by atoms with Gasteiger partial charge in [0.15, 0.2) is 0 Å². The van der Waals surface area contributed by atoms with Gasteiger partial charge in [0.1, 0.15) is 0 Å². The van der Waals surface area contributed by atoms with E-state index in [9.17, 15) is 0 Å². The molecule has 2 aromatic rings. The summed E-state index contributed by atoms with van der Waals surface area (Å²) in [5.74, 6) is 0.372. The van der Waals surface area contributed by atoms with Crippen LogP contribution in [0.3, 0.4) is 0 Å². The molecule has 3 heteroatoms. The van der Waals surface area contributed by atoms with E-state index >= 15 is 0 Å². The third-order valence-corrected chi connectivity index (χ3v) is 7.32. The molecule has 1 aliphatic carbocycles. The molecular formula is C28H35NOS. The average molecular weight is 434 g/mol. The fraction of sp³-hybridized carbons (Fsp3) is 0.429. The third kappa shape index (κ3) is 5.64. The number of nitrogens with one attached hydrogen (secondary N) is 1. The second-order valence-corrected chi connectivity index (χ2v) is 9.57. The number of hydrogen-bond acceptors (Lipinski definition) is 3. The fourth-order valence-corrected chi connectivity index (χ4v) is 5.28. The van der Waals surface area contributed by atoms with Gasteiger partial charge in [-0.1, -0.05) is 42.5 Å². The van der Waals surface area contributed by atoms with Gasteiger partial charge in [0, 0.05) is 28.8 Å². The van der Waals surface area contributed by atoms with Crippen molar-refractivity contribution in [3.63, 3.8) is 0 Å². The quantitative estimate of drug-likeness (QED) is 0.333. The highest BCUT2D eigenvalue weighted by Gasteiger charge is 2.31. The lowest BCUT2D eigenvalue weighted by atomic mass is 9.76. The molecule has 2 nitrogen and oxygen atoms in total. The van der Waals surface area contributed by atoms with Gasteiger partial charge in [0.2, 0.25) is 0 Å². The van der Waals surface area contributed by atoms with E-state index in [2.05, 4.69) is 73.1 Å². The van der Waals surface area contributed by atoms with Crippen LogP contribution in [0.1, 0.15) is 62.5 Å². The number of thioether (sulfide) groups is 1. The van der Waals surface area contributed by atoms with Crippen LogP contribution in [0.5, 0.6) is 0 Å². The van der Waals surface area contributed by atoms with Crippen molar-refractivity contribution in [1.29, 1.82) is 0 Å². The van der Waals surface area contributed by atoms with Crippen LogP contribution < -0.4 is 5.32 Å². The summed E-state index contributed by atoms with van der Waals surface area (Å²) in [6.07, 6.45) is 10.5. The molecular weight excluding hydrogens is 398 g/mol. The lowest BCUT2D eigenvalue weighted by Crippen LogP contribution is -2.29. The maximum absolute atomic E-state index is 6.23. The first-order chi connectivity index (χ1) is 15.3. The minimum atomic E-state index is 0.372. The normalized spacial score (nSPS) is 18.7. The zero-order valence-electron chi connectivity index (χ0n) is 19.0. The summed E-state index contributed by atoms with van der Waals surface area (Å²) < 4.78 is 6.23. The van der Waals surface area contributed by atoms with Crippen LogP contribution in [0.4, 0.5) is 0 Å². The van der Waals surface area contributed by atoms with Gasteiger partial charge < -0.3 is 10.1 Å². The number of unbranched alkanes of at least 4 members (excludes halogenated alkanes) is 1. The number of allylic oxidation sites excluding steroid dienone is 3. The molecule has 4 rings (SSSR count). The van der Waals surface area contributed by atoms with Gasteiger partial charge >= 0.3 is 0 Å². The van der Waals surface area contributed by atoms with Crippen molar-refractivity contribution in [3.05, 3.63) is 88.3 Å². The predicted molar refractivity (Wildman–Crippen MR) is 132 cm³/mol. The van der Waals surface area contributed by atoms with E-state index in [4.69, 9.17) is 4.74 Å². The molecule has 1 atom stereocenters. The van der Waals surface area contributed by atoms with Gasteiger partial charge in [-0.15, -0.1) is 11.8 Å². The Balaban J connectivity index is 1.40. The molecule has 31 heavy (non-hydrogen) atoms. The molecule has 2 aromatic carbocycles. The van der Waals surface area contributed by atoms with Crippen LogP contribution in [0.15, 0.2) is 82.0 Å². The second-order valence-electron chi connectivity index (χ2n) is 8.69. The largest absolute Gasteiger partial charge is 0.377 e. The maximum atomic E-state index is 6.23. The molecule has 1 unspecified atom stereocenters. The van der Waals surface area contributed by atoms with Crippen LogP contribution in [-0.4, -0.2) is 19.5 Å². The lowest BCUT2D eigenvalue weighted by molar-refractivity contribution is 0.147. The average Bonchev–Trinajstić information content (AvgIpc) is 2.82. The first-order valence-electron chi connectivity index (χ1n) is 11.7. The zero-order valence-corrected chi connectivity index (χ0v) is 19.8. The van der Waals surface area contributed by atoms with Crippen molar-refractivity contribution in [1.82, 2.24) is 5.32 Å². The molecule has 0 saturated heterocycles. The van der Waals surface area contributed by atoms with Crippen molar-refractivity contribution in [2.45, 2.75) is 62.7 Å². The van der Waals surface area contributed by atoms with E-state index in [0.717, 1.165) is 26.1 Å². The standard InChI is InChI=1S/C28H35NOS/c1-21-26(20-30-19-9-8-12-22-10-4-3-5-11-22)28(23-15-17-24(31-2)18-16-23)25-13-6-7-14-27(25)29-21/h3-5,10-11,15-18,28-29H,6-9,12-14,19-20H2,1-2H3. The van der Waals surface area contributed by atoms with Crippen LogP contribution in [0.25, 0.3) is 0 Å². The smallest absolute Gasteiger partial charge is 0.0705 e. The van der Waals surface area contributed by atoms with Crippen LogP contribution >= 0.6 is 11.8 Å². The van der Waals surface area contributed by atoms with Crippen molar-refractivity contribution in [2.75, 3.05) is 19.5 Å². The predicted octanol–water partition coefficient (Wildman–Crippen LogP) is 7.24. The molecule has 0 aromatic heterocycles. The Hall–Kier alpha value is -1.97. The highest BCUT2D eigenvalue weighted by Crippen LogP contribution is 2.43. The van der Waals surface area contributed by atoms with E-state index in [1.165, 1.54) is 65.1 Å². The number of hydrogen-bond donors (Lipinski definition) is 1. The first-order valence-corrected chi connectivity index (χ1v) is 12.9. The Morgan fingerprint density at radius 2 is 1.74 bits per heavy atom. The van der Waals surface area contributed by atoms with Crippen molar-refractivity contribution < 1.29 is 4.74 Å². The number of benzene rings is 2. The molecule has 0 spiro atoms. The van der Waals surface area contributed by atoms with Crippen LogP contribution in [0.2, 0.25) is 0 Å². The summed E-state index contributed by atoms with van der Waals surface area (Å²) >= 11 is 1.81. The van der Waals surface area contributed by atoms with Crippen molar-refractivity contribution >= 4 is 11.8 Å². The van der Waals surface area contributed by atoms with E-state index in [-0.39, 0.29) is 0 Å². The summed E-state index contributed by atoms with van der Waals surface area (Å²) in [6, 6.07) is 19.9. The lowest BCUT2D eigenvalue weighted by Gasteiger charge is -2.36. The number of ether oxygens (including phenoxy) is 1. The Bertz CT molecular complexity index is 914. The molecule has 0 bridgehead atoms.